The highest BCUT2D eigenvalue weighted by atomic mass is 32.2. The van der Waals surface area contributed by atoms with E-state index >= 15 is 0 Å². The molecular formula is C22H19NO5S2. The first-order chi connectivity index (χ1) is 14.3. The lowest BCUT2D eigenvalue weighted by molar-refractivity contribution is 0.0533. The molecule has 0 amide bonds. The number of thiophene rings is 1. The molecule has 8 heteroatoms. The second-order valence-electron chi connectivity index (χ2n) is 6.72. The Morgan fingerprint density at radius 2 is 1.80 bits per heavy atom. The summed E-state index contributed by atoms with van der Waals surface area (Å²) in [7, 11) is -3.80. The zero-order chi connectivity index (χ0) is 21.5. The fraction of sp³-hybridized carbons (Fsp3) is 0.136. The van der Waals surface area contributed by atoms with Crippen LogP contribution in [0.5, 0.6) is 0 Å². The number of esters is 1. The summed E-state index contributed by atoms with van der Waals surface area (Å²) in [5.41, 5.74) is 4.10. The number of furan rings is 1. The van der Waals surface area contributed by atoms with E-state index in [0.29, 0.717) is 4.88 Å². The summed E-state index contributed by atoms with van der Waals surface area (Å²) in [6.45, 7) is 3.96. The minimum absolute atomic E-state index is 0.0162. The van der Waals surface area contributed by atoms with Crippen molar-refractivity contribution in [1.29, 1.82) is 0 Å². The highest BCUT2D eigenvalue weighted by Gasteiger charge is 2.24. The molecule has 0 aliphatic rings. The number of carbonyl (C=O) groups is 1. The number of hydrogen-bond acceptors (Lipinski definition) is 6. The summed E-state index contributed by atoms with van der Waals surface area (Å²) in [6, 6.07) is 13.9. The van der Waals surface area contributed by atoms with Gasteiger partial charge in [-0.15, -0.1) is 11.3 Å². The Kier molecular flexibility index (Phi) is 5.23. The van der Waals surface area contributed by atoms with Crippen LogP contribution >= 0.6 is 11.3 Å². The first kappa shape index (κ1) is 20.3. The average molecular weight is 442 g/mol. The van der Waals surface area contributed by atoms with Gasteiger partial charge < -0.3 is 9.15 Å². The predicted octanol–water partition coefficient (Wildman–Crippen LogP) is 4.96. The molecule has 30 heavy (non-hydrogen) atoms. The third-order valence-corrected chi connectivity index (χ3v) is 7.04. The Bertz CT molecular complexity index is 1350. The zero-order valence-corrected chi connectivity index (χ0v) is 18.0. The molecule has 0 atom stereocenters. The molecule has 0 saturated carbocycles. The van der Waals surface area contributed by atoms with Crippen LogP contribution in [-0.2, 0) is 14.8 Å². The number of fused-ring (bicyclic) bond motifs is 1. The molecule has 0 unspecified atom stereocenters. The lowest BCUT2D eigenvalue weighted by atomic mass is 9.98. The topological polar surface area (TPSA) is 99.6 Å². The maximum absolute atomic E-state index is 12.7. The monoisotopic (exact) mass is 441 g/mol. The van der Waals surface area contributed by atoms with Crippen molar-refractivity contribution in [2.75, 3.05) is 6.61 Å². The summed E-state index contributed by atoms with van der Waals surface area (Å²) in [4.78, 5) is 14.1. The largest absolute Gasteiger partial charge is 0.464 e. The van der Waals surface area contributed by atoms with Gasteiger partial charge in [0.2, 0.25) is 10.0 Å². The Labute approximate surface area is 177 Å². The molecule has 0 fully saturated rings. The third kappa shape index (κ3) is 3.65. The minimum atomic E-state index is -3.80. The van der Waals surface area contributed by atoms with Crippen LogP contribution in [0.2, 0.25) is 0 Å². The Morgan fingerprint density at radius 3 is 2.47 bits per heavy atom. The molecule has 4 rings (SSSR count). The van der Waals surface area contributed by atoms with Crippen molar-refractivity contribution in [2.24, 2.45) is 5.14 Å². The molecule has 2 aromatic heterocycles. The number of nitrogens with two attached hydrogens (primary N) is 1. The summed E-state index contributed by atoms with van der Waals surface area (Å²) >= 11 is 1.35. The molecule has 0 saturated heterocycles. The maximum atomic E-state index is 12.7. The van der Waals surface area contributed by atoms with E-state index in [-0.39, 0.29) is 11.5 Å². The van der Waals surface area contributed by atoms with Crippen LogP contribution in [0, 0.1) is 6.92 Å². The van der Waals surface area contributed by atoms with Gasteiger partial charge in [-0.2, -0.15) is 0 Å². The number of ether oxygens (including phenoxy) is 1. The average Bonchev–Trinajstić information content (AvgIpc) is 3.31. The van der Waals surface area contributed by atoms with Crippen molar-refractivity contribution in [3.63, 3.8) is 0 Å². The molecule has 154 valence electrons. The first-order valence-corrected chi connectivity index (χ1v) is 11.6. The number of primary sulfonamides is 1. The standard InChI is InChI=1S/C22H19NO5S2/c1-3-27-22(24)21-19(14-4-7-17(8-5-14)30(23,25)26)13(2)20(29-21)16-6-9-18-15(12-16)10-11-28-18/h4-12H,3H2,1-2H3,(H2,23,25,26). The quantitative estimate of drug-likeness (QED) is 0.441. The molecular weight excluding hydrogens is 422 g/mol. The summed E-state index contributed by atoms with van der Waals surface area (Å²) < 4.78 is 33.8. The van der Waals surface area contributed by atoms with Crippen molar-refractivity contribution in [1.82, 2.24) is 0 Å². The van der Waals surface area contributed by atoms with Crippen LogP contribution in [-0.4, -0.2) is 21.0 Å². The van der Waals surface area contributed by atoms with E-state index < -0.39 is 16.0 Å². The van der Waals surface area contributed by atoms with Gasteiger partial charge in [-0.05, 0) is 66.9 Å². The lowest BCUT2D eigenvalue weighted by Gasteiger charge is -2.07. The van der Waals surface area contributed by atoms with Crippen molar-refractivity contribution < 1.29 is 22.4 Å². The van der Waals surface area contributed by atoms with E-state index in [9.17, 15) is 13.2 Å². The molecule has 2 heterocycles. The summed E-state index contributed by atoms with van der Waals surface area (Å²) in [6.07, 6.45) is 1.64. The Balaban J connectivity index is 1.89. The Morgan fingerprint density at radius 1 is 1.10 bits per heavy atom. The van der Waals surface area contributed by atoms with E-state index in [1.165, 1.54) is 23.5 Å². The van der Waals surface area contributed by atoms with Gasteiger partial charge in [0, 0.05) is 15.8 Å². The van der Waals surface area contributed by atoms with E-state index in [1.807, 2.05) is 31.2 Å². The van der Waals surface area contributed by atoms with Gasteiger partial charge in [0.1, 0.15) is 10.5 Å². The molecule has 0 radical (unpaired) electrons. The predicted molar refractivity (Wildman–Crippen MR) is 117 cm³/mol. The maximum Gasteiger partial charge on any atom is 0.348 e. The van der Waals surface area contributed by atoms with Gasteiger partial charge in [-0.3, -0.25) is 0 Å². The van der Waals surface area contributed by atoms with E-state index in [1.54, 1.807) is 25.3 Å². The van der Waals surface area contributed by atoms with Gasteiger partial charge in [-0.1, -0.05) is 12.1 Å². The number of benzene rings is 2. The van der Waals surface area contributed by atoms with E-state index in [0.717, 1.165) is 38.1 Å². The second-order valence-corrected chi connectivity index (χ2v) is 9.31. The fourth-order valence-corrected chi connectivity index (χ4v) is 5.13. The number of sulfonamides is 1. The van der Waals surface area contributed by atoms with Crippen molar-refractivity contribution >= 4 is 38.3 Å². The molecule has 0 aliphatic heterocycles. The van der Waals surface area contributed by atoms with Gasteiger partial charge in [0.05, 0.1) is 17.8 Å². The van der Waals surface area contributed by atoms with Gasteiger partial charge in [-0.25, -0.2) is 18.4 Å². The van der Waals surface area contributed by atoms with Crippen molar-refractivity contribution in [3.05, 3.63) is 65.2 Å². The van der Waals surface area contributed by atoms with Crippen LogP contribution in [0.25, 0.3) is 32.5 Å². The molecule has 2 aromatic carbocycles. The van der Waals surface area contributed by atoms with Crippen LogP contribution < -0.4 is 5.14 Å². The third-order valence-electron chi connectivity index (χ3n) is 4.79. The normalized spacial score (nSPS) is 11.7. The van der Waals surface area contributed by atoms with Crippen LogP contribution in [0.15, 0.2) is 64.1 Å². The molecule has 0 bridgehead atoms. The number of carbonyl (C=O) groups excluding carboxylic acids is 1. The first-order valence-electron chi connectivity index (χ1n) is 9.21. The summed E-state index contributed by atoms with van der Waals surface area (Å²) in [5.74, 6) is -0.410. The van der Waals surface area contributed by atoms with E-state index in [2.05, 4.69) is 0 Å². The lowest BCUT2D eigenvalue weighted by Crippen LogP contribution is -2.11. The van der Waals surface area contributed by atoms with Crippen molar-refractivity contribution in [2.45, 2.75) is 18.7 Å². The number of rotatable bonds is 5. The van der Waals surface area contributed by atoms with Gasteiger partial charge in [0.15, 0.2) is 0 Å². The smallest absolute Gasteiger partial charge is 0.348 e. The highest BCUT2D eigenvalue weighted by Crippen LogP contribution is 2.43. The van der Waals surface area contributed by atoms with Crippen LogP contribution in [0.1, 0.15) is 22.2 Å². The Hall–Kier alpha value is -2.94. The molecule has 2 N–H and O–H groups in total. The molecule has 0 aliphatic carbocycles. The SMILES string of the molecule is CCOC(=O)c1sc(-c2ccc3occc3c2)c(C)c1-c1ccc(S(N)(=O)=O)cc1. The van der Waals surface area contributed by atoms with Crippen molar-refractivity contribution in [3.8, 4) is 21.6 Å². The minimum Gasteiger partial charge on any atom is -0.464 e. The zero-order valence-electron chi connectivity index (χ0n) is 16.3. The number of hydrogen-bond donors (Lipinski definition) is 1. The highest BCUT2D eigenvalue weighted by molar-refractivity contribution is 7.89. The molecule has 0 spiro atoms. The molecule has 4 aromatic rings. The van der Waals surface area contributed by atoms with Crippen LogP contribution in [0.3, 0.4) is 0 Å². The van der Waals surface area contributed by atoms with E-state index in [4.69, 9.17) is 14.3 Å². The molecule has 6 nitrogen and oxygen atoms in total. The van der Waals surface area contributed by atoms with Gasteiger partial charge >= 0.3 is 5.97 Å². The van der Waals surface area contributed by atoms with Crippen LogP contribution in [0.4, 0.5) is 0 Å². The summed E-state index contributed by atoms with van der Waals surface area (Å²) in [5, 5.41) is 6.17. The second kappa shape index (κ2) is 7.71. The fourth-order valence-electron chi connectivity index (χ4n) is 3.40. The van der Waals surface area contributed by atoms with Gasteiger partial charge in [0.25, 0.3) is 0 Å².